The fourth-order valence-corrected chi connectivity index (χ4v) is 7.73. The van der Waals surface area contributed by atoms with Gasteiger partial charge in [0.15, 0.2) is 23.1 Å². The van der Waals surface area contributed by atoms with Crippen molar-refractivity contribution in [2.24, 2.45) is 10.8 Å². The van der Waals surface area contributed by atoms with Crippen molar-refractivity contribution in [1.29, 1.82) is 0 Å². The van der Waals surface area contributed by atoms with Gasteiger partial charge in [-0.2, -0.15) is 8.42 Å². The van der Waals surface area contributed by atoms with Gasteiger partial charge in [-0.05, 0) is 72.6 Å². The number of hydrogen-bond donors (Lipinski definition) is 1. The lowest BCUT2D eigenvalue weighted by atomic mass is 9.63. The monoisotopic (exact) mass is 655 g/mol. The van der Waals surface area contributed by atoms with E-state index in [1.165, 1.54) is 30.3 Å². The minimum atomic E-state index is -4.23. The van der Waals surface area contributed by atoms with Crippen molar-refractivity contribution >= 4 is 39.3 Å². The van der Waals surface area contributed by atoms with E-state index in [-0.39, 0.29) is 71.2 Å². The summed E-state index contributed by atoms with van der Waals surface area (Å²) in [7, 11) is -4.23. The van der Waals surface area contributed by atoms with E-state index in [0.717, 1.165) is 11.4 Å². The Kier molecular flexibility index (Phi) is 8.70. The predicted molar refractivity (Wildman–Crippen MR) is 169 cm³/mol. The van der Waals surface area contributed by atoms with Gasteiger partial charge in [-0.25, -0.2) is 0 Å². The zero-order valence-corrected chi connectivity index (χ0v) is 27.7. The third-order valence-corrected chi connectivity index (χ3v) is 9.97. The summed E-state index contributed by atoms with van der Waals surface area (Å²) in [6, 6.07) is 10.4. The van der Waals surface area contributed by atoms with Crippen molar-refractivity contribution in [3.63, 3.8) is 0 Å². The van der Waals surface area contributed by atoms with E-state index in [9.17, 15) is 27.9 Å². The van der Waals surface area contributed by atoms with Gasteiger partial charge in [0.2, 0.25) is 0 Å². The lowest BCUT2D eigenvalue weighted by Gasteiger charge is -2.49. The summed E-state index contributed by atoms with van der Waals surface area (Å²) >= 11 is 5.93. The lowest BCUT2D eigenvalue weighted by molar-refractivity contribution is -0.137. The average molecular weight is 656 g/mol. The second kappa shape index (κ2) is 11.9. The zero-order valence-electron chi connectivity index (χ0n) is 26.1. The second-order valence-corrected chi connectivity index (χ2v) is 15.4. The number of benzene rings is 2. The van der Waals surface area contributed by atoms with E-state index in [1.807, 2.05) is 32.6 Å². The number of hydrogen-bond acceptors (Lipinski definition) is 8. The second-order valence-electron chi connectivity index (χ2n) is 13.5. The van der Waals surface area contributed by atoms with Gasteiger partial charge in [-0.1, -0.05) is 45.4 Å². The molecular formula is C34H38ClNO8S. The van der Waals surface area contributed by atoms with Crippen LogP contribution in [-0.4, -0.2) is 49.1 Å². The van der Waals surface area contributed by atoms with Crippen LogP contribution in [0.2, 0.25) is 5.02 Å². The maximum atomic E-state index is 14.0. The summed E-state index contributed by atoms with van der Waals surface area (Å²) in [4.78, 5) is 41.5. The van der Waals surface area contributed by atoms with Crippen LogP contribution in [0, 0.1) is 10.8 Å². The number of carboxylic acids is 1. The average Bonchev–Trinajstić information content (AvgIpc) is 2.91. The Hall–Kier alpha value is -3.63. The molecule has 0 spiro atoms. The van der Waals surface area contributed by atoms with Crippen LogP contribution in [0.5, 0.6) is 11.5 Å². The van der Waals surface area contributed by atoms with Gasteiger partial charge in [0.25, 0.3) is 0 Å². The molecule has 0 atom stereocenters. The maximum Gasteiger partial charge on any atom is 0.339 e. The van der Waals surface area contributed by atoms with Crippen LogP contribution in [0.1, 0.15) is 78.2 Å². The topological polar surface area (TPSA) is 127 Å². The molecule has 3 aliphatic rings. The molecule has 240 valence electrons. The summed E-state index contributed by atoms with van der Waals surface area (Å²) in [6.07, 6.45) is 1.47. The van der Waals surface area contributed by atoms with E-state index in [2.05, 4.69) is 0 Å². The molecule has 0 radical (unpaired) electrons. The van der Waals surface area contributed by atoms with E-state index < -0.39 is 22.0 Å². The van der Waals surface area contributed by atoms with Crippen LogP contribution in [0.15, 0.2) is 69.9 Å². The van der Waals surface area contributed by atoms with Gasteiger partial charge in [-0.15, -0.1) is 0 Å². The van der Waals surface area contributed by atoms with Crippen molar-refractivity contribution in [1.82, 2.24) is 4.90 Å². The molecule has 2 aliphatic carbocycles. The van der Waals surface area contributed by atoms with Gasteiger partial charge in [0, 0.05) is 52.9 Å². The minimum absolute atomic E-state index is 0.0370. The number of carbonyl (C=O) groups excluding carboxylic acids is 2. The first-order valence-electron chi connectivity index (χ1n) is 15.0. The SMILES string of the molecule is CCOc1cc(C2C3=C(CC(C)(C)CC3=O)N(CCC(=O)O)C3=C2C(=O)CC(C)(C)C3)ccc1OS(=O)(=O)c1ccc(Cl)cc1. The molecule has 0 aromatic heterocycles. The highest BCUT2D eigenvalue weighted by Gasteiger charge is 2.49. The Morgan fingerprint density at radius 3 is 1.98 bits per heavy atom. The number of halogens is 1. The largest absolute Gasteiger partial charge is 0.490 e. The molecule has 11 heteroatoms. The normalized spacial score (nSPS) is 19.7. The van der Waals surface area contributed by atoms with Gasteiger partial charge in [0.05, 0.1) is 13.0 Å². The number of allylic oxidation sites excluding steroid dienone is 4. The molecule has 45 heavy (non-hydrogen) atoms. The molecule has 9 nitrogen and oxygen atoms in total. The smallest absolute Gasteiger partial charge is 0.339 e. The summed E-state index contributed by atoms with van der Waals surface area (Å²) in [5.41, 5.74) is 2.32. The predicted octanol–water partition coefficient (Wildman–Crippen LogP) is 6.67. The highest BCUT2D eigenvalue weighted by molar-refractivity contribution is 7.87. The van der Waals surface area contributed by atoms with Crippen molar-refractivity contribution in [2.45, 2.75) is 77.5 Å². The molecule has 1 N–H and O–H groups in total. The fraction of sp³-hybridized carbons (Fsp3) is 0.441. The standard InChI is InChI=1S/C34H38ClNO8S/c1-6-43-28-15-20(7-12-27(28)44-45(41,42)22-10-8-21(35)9-11-22)30-31-23(16-33(2,3)18-25(31)37)36(14-13-29(39)40)24-17-34(4,5)19-26(38)32(24)30/h7-12,15,30H,6,13-14,16-19H2,1-5H3,(H,39,40). The number of Topliss-reactive ketones (excluding diaryl/α,β-unsaturated/α-hetero) is 2. The minimum Gasteiger partial charge on any atom is -0.490 e. The number of rotatable bonds is 9. The summed E-state index contributed by atoms with van der Waals surface area (Å²) in [5.74, 6) is -1.76. The number of nitrogens with zero attached hydrogens (tertiary/aromatic N) is 1. The van der Waals surface area contributed by atoms with Gasteiger partial charge in [0.1, 0.15) is 4.90 Å². The van der Waals surface area contributed by atoms with Crippen LogP contribution in [0.4, 0.5) is 0 Å². The Labute approximate surface area is 269 Å². The Bertz CT molecular complexity index is 1680. The van der Waals surface area contributed by atoms with Crippen molar-refractivity contribution in [3.05, 3.63) is 75.6 Å². The molecule has 2 aromatic rings. The van der Waals surface area contributed by atoms with Crippen LogP contribution in [-0.2, 0) is 24.5 Å². The molecule has 0 unspecified atom stereocenters. The summed E-state index contributed by atoms with van der Waals surface area (Å²) in [5, 5.41) is 9.96. The third kappa shape index (κ3) is 6.67. The Morgan fingerprint density at radius 2 is 1.47 bits per heavy atom. The van der Waals surface area contributed by atoms with Gasteiger partial charge >= 0.3 is 16.1 Å². The first-order chi connectivity index (χ1) is 21.0. The lowest BCUT2D eigenvalue weighted by Crippen LogP contribution is -2.45. The Balaban J connectivity index is 1.67. The number of carbonyl (C=O) groups is 3. The highest BCUT2D eigenvalue weighted by atomic mass is 35.5. The van der Waals surface area contributed by atoms with Crippen molar-refractivity contribution in [2.75, 3.05) is 13.2 Å². The van der Waals surface area contributed by atoms with Gasteiger partial charge in [-0.3, -0.25) is 14.4 Å². The fourth-order valence-electron chi connectivity index (χ4n) is 6.67. The van der Waals surface area contributed by atoms with Crippen molar-refractivity contribution in [3.8, 4) is 11.5 Å². The molecular weight excluding hydrogens is 618 g/mol. The number of ketones is 2. The molecule has 0 saturated carbocycles. The van der Waals surface area contributed by atoms with E-state index in [0.29, 0.717) is 34.6 Å². The van der Waals surface area contributed by atoms with Crippen LogP contribution in [0.25, 0.3) is 0 Å². The van der Waals surface area contributed by atoms with Crippen LogP contribution in [0.3, 0.4) is 0 Å². The molecule has 1 aliphatic heterocycles. The van der Waals surface area contributed by atoms with Crippen LogP contribution < -0.4 is 8.92 Å². The number of ether oxygens (including phenoxy) is 1. The number of carboxylic acid groups (broad SMARTS) is 1. The molecule has 0 fully saturated rings. The zero-order chi connectivity index (χ0) is 32.9. The summed E-state index contributed by atoms with van der Waals surface area (Å²) in [6.45, 7) is 10.2. The van der Waals surface area contributed by atoms with E-state index in [4.69, 9.17) is 20.5 Å². The molecule has 5 rings (SSSR count). The quantitative estimate of drug-likeness (QED) is 0.295. The highest BCUT2D eigenvalue weighted by Crippen LogP contribution is 2.55. The van der Waals surface area contributed by atoms with Crippen molar-refractivity contribution < 1.29 is 36.8 Å². The molecule has 0 saturated heterocycles. The van der Waals surface area contributed by atoms with E-state index >= 15 is 0 Å². The summed E-state index contributed by atoms with van der Waals surface area (Å²) < 4.78 is 37.6. The first kappa shape index (κ1) is 32.8. The van der Waals surface area contributed by atoms with Gasteiger partial charge < -0.3 is 18.9 Å². The number of aliphatic carboxylic acids is 1. The third-order valence-electron chi connectivity index (χ3n) is 8.47. The molecule has 2 aromatic carbocycles. The molecule has 0 bridgehead atoms. The first-order valence-corrected chi connectivity index (χ1v) is 16.8. The molecule has 0 amide bonds. The molecule has 1 heterocycles. The van der Waals surface area contributed by atoms with Crippen LogP contribution >= 0.6 is 11.6 Å². The van der Waals surface area contributed by atoms with E-state index in [1.54, 1.807) is 19.1 Å². The maximum absolute atomic E-state index is 14.0. The Morgan fingerprint density at radius 1 is 0.911 bits per heavy atom.